The van der Waals surface area contributed by atoms with Crippen LogP contribution in [0.5, 0.6) is 0 Å². The summed E-state index contributed by atoms with van der Waals surface area (Å²) in [6, 6.07) is 16.9. The average molecular weight is 409 g/mol. The number of thiophene rings is 1. The summed E-state index contributed by atoms with van der Waals surface area (Å²) in [5.41, 5.74) is 1.84. The highest BCUT2D eigenvalue weighted by Crippen LogP contribution is 2.29. The molecule has 2 aromatic heterocycles. The number of halogens is 2. The zero-order valence-electron chi connectivity index (χ0n) is 15.5. The minimum atomic E-state index is -0.875. The number of hydrogen-bond acceptors (Lipinski definition) is 3. The number of rotatable bonds is 5. The van der Waals surface area contributed by atoms with Crippen molar-refractivity contribution in [2.24, 2.45) is 0 Å². The molecule has 0 N–H and O–H groups in total. The standard InChI is InChI=1S/C22H17F2N3OS/c1-26(22(28)20-17(23)9-5-10-18(20)24)13-15-14-27(16-7-3-2-4-8-16)25-21(15)19-11-6-12-29-19/h2-12,14H,13H2,1H3. The molecular formula is C22H17F2N3OS. The van der Waals surface area contributed by atoms with E-state index in [2.05, 4.69) is 5.10 Å². The van der Waals surface area contributed by atoms with Gasteiger partial charge in [-0.05, 0) is 35.7 Å². The van der Waals surface area contributed by atoms with Gasteiger partial charge in [-0.1, -0.05) is 30.3 Å². The highest BCUT2D eigenvalue weighted by molar-refractivity contribution is 7.13. The van der Waals surface area contributed by atoms with Crippen molar-refractivity contribution in [1.29, 1.82) is 0 Å². The molecule has 2 heterocycles. The predicted octanol–water partition coefficient (Wildman–Crippen LogP) is 5.15. The molecule has 1 amide bonds. The Labute approximate surface area is 170 Å². The van der Waals surface area contributed by atoms with Gasteiger partial charge >= 0.3 is 0 Å². The Hall–Kier alpha value is -3.32. The van der Waals surface area contributed by atoms with Crippen molar-refractivity contribution in [1.82, 2.24) is 14.7 Å². The summed E-state index contributed by atoms with van der Waals surface area (Å²) in [4.78, 5) is 14.9. The molecule has 4 rings (SSSR count). The van der Waals surface area contributed by atoms with Crippen LogP contribution in [0.1, 0.15) is 15.9 Å². The maximum atomic E-state index is 14.0. The molecule has 0 aliphatic heterocycles. The minimum Gasteiger partial charge on any atom is -0.337 e. The normalized spacial score (nSPS) is 10.9. The molecular weight excluding hydrogens is 392 g/mol. The van der Waals surface area contributed by atoms with Gasteiger partial charge in [-0.3, -0.25) is 4.79 Å². The van der Waals surface area contributed by atoms with Gasteiger partial charge in [0, 0.05) is 25.4 Å². The summed E-state index contributed by atoms with van der Waals surface area (Å²) < 4.78 is 29.8. The molecule has 7 heteroatoms. The lowest BCUT2D eigenvalue weighted by Crippen LogP contribution is -2.28. The van der Waals surface area contributed by atoms with Gasteiger partial charge in [0.05, 0.1) is 10.6 Å². The lowest BCUT2D eigenvalue weighted by atomic mass is 10.1. The van der Waals surface area contributed by atoms with Crippen molar-refractivity contribution >= 4 is 17.2 Å². The highest BCUT2D eigenvalue weighted by Gasteiger charge is 2.23. The molecule has 0 radical (unpaired) electrons. The molecule has 0 saturated carbocycles. The van der Waals surface area contributed by atoms with Crippen LogP contribution in [0.2, 0.25) is 0 Å². The number of benzene rings is 2. The van der Waals surface area contributed by atoms with Crippen LogP contribution >= 0.6 is 11.3 Å². The number of aromatic nitrogens is 2. The Kier molecular flexibility index (Phi) is 5.22. The van der Waals surface area contributed by atoms with Crippen LogP contribution < -0.4 is 0 Å². The Bertz CT molecular complexity index is 1120. The first-order chi connectivity index (χ1) is 14.0. The Morgan fingerprint density at radius 2 is 1.76 bits per heavy atom. The summed E-state index contributed by atoms with van der Waals surface area (Å²) >= 11 is 1.54. The second kappa shape index (κ2) is 7.97. The summed E-state index contributed by atoms with van der Waals surface area (Å²) in [7, 11) is 1.52. The van der Waals surface area contributed by atoms with E-state index in [9.17, 15) is 13.6 Å². The Morgan fingerprint density at radius 3 is 2.41 bits per heavy atom. The lowest BCUT2D eigenvalue weighted by Gasteiger charge is -2.17. The van der Waals surface area contributed by atoms with Crippen LogP contribution in [0.4, 0.5) is 8.78 Å². The quantitative estimate of drug-likeness (QED) is 0.457. The summed E-state index contributed by atoms with van der Waals surface area (Å²) in [5, 5.41) is 6.63. The smallest absolute Gasteiger partial charge is 0.259 e. The molecule has 0 saturated heterocycles. The molecule has 0 fully saturated rings. The van der Waals surface area contributed by atoms with Gasteiger partial charge in [-0.25, -0.2) is 13.5 Å². The molecule has 29 heavy (non-hydrogen) atoms. The van der Waals surface area contributed by atoms with Crippen molar-refractivity contribution in [3.63, 3.8) is 0 Å². The van der Waals surface area contributed by atoms with E-state index in [4.69, 9.17) is 0 Å². The SMILES string of the molecule is CN(Cc1cn(-c2ccccc2)nc1-c1cccs1)C(=O)c1c(F)cccc1F. The monoisotopic (exact) mass is 409 g/mol. The van der Waals surface area contributed by atoms with Gasteiger partial charge < -0.3 is 4.90 Å². The number of para-hydroxylation sites is 1. The molecule has 2 aromatic carbocycles. The van der Waals surface area contributed by atoms with Crippen LogP contribution in [0.15, 0.2) is 72.2 Å². The van der Waals surface area contributed by atoms with E-state index in [0.29, 0.717) is 0 Å². The molecule has 146 valence electrons. The van der Waals surface area contributed by atoms with Gasteiger partial charge in [0.15, 0.2) is 0 Å². The van der Waals surface area contributed by atoms with Crippen molar-refractivity contribution in [2.45, 2.75) is 6.54 Å². The van der Waals surface area contributed by atoms with E-state index in [1.807, 2.05) is 54.0 Å². The van der Waals surface area contributed by atoms with E-state index in [0.717, 1.165) is 34.0 Å². The molecule has 4 nitrogen and oxygen atoms in total. The first-order valence-corrected chi connectivity index (χ1v) is 9.80. The fourth-order valence-electron chi connectivity index (χ4n) is 3.08. The van der Waals surface area contributed by atoms with Crippen LogP contribution in [0, 0.1) is 11.6 Å². The van der Waals surface area contributed by atoms with Crippen molar-refractivity contribution in [3.8, 4) is 16.3 Å². The highest BCUT2D eigenvalue weighted by atomic mass is 32.1. The van der Waals surface area contributed by atoms with E-state index < -0.39 is 23.1 Å². The fourth-order valence-corrected chi connectivity index (χ4v) is 3.82. The topological polar surface area (TPSA) is 38.1 Å². The largest absolute Gasteiger partial charge is 0.337 e. The van der Waals surface area contributed by atoms with E-state index in [1.165, 1.54) is 29.4 Å². The molecule has 0 bridgehead atoms. The fraction of sp³-hybridized carbons (Fsp3) is 0.0909. The van der Waals surface area contributed by atoms with Gasteiger partial charge in [-0.2, -0.15) is 5.10 Å². The average Bonchev–Trinajstić information content (AvgIpc) is 3.38. The zero-order valence-corrected chi connectivity index (χ0v) is 16.4. The lowest BCUT2D eigenvalue weighted by molar-refractivity contribution is 0.0775. The van der Waals surface area contributed by atoms with Crippen LogP contribution in [-0.2, 0) is 6.54 Å². The maximum Gasteiger partial charge on any atom is 0.259 e. The molecule has 0 aliphatic carbocycles. The molecule has 0 aliphatic rings. The zero-order chi connectivity index (χ0) is 20.4. The number of nitrogens with zero attached hydrogens (tertiary/aromatic N) is 3. The van der Waals surface area contributed by atoms with Crippen molar-refractivity contribution in [3.05, 3.63) is 95.0 Å². The van der Waals surface area contributed by atoms with Crippen LogP contribution in [-0.4, -0.2) is 27.6 Å². The van der Waals surface area contributed by atoms with Crippen LogP contribution in [0.25, 0.3) is 16.3 Å². The van der Waals surface area contributed by atoms with Crippen molar-refractivity contribution < 1.29 is 13.6 Å². The van der Waals surface area contributed by atoms with Gasteiger partial charge in [0.2, 0.25) is 0 Å². The molecule has 0 atom stereocenters. The minimum absolute atomic E-state index is 0.159. The molecule has 0 spiro atoms. The first-order valence-electron chi connectivity index (χ1n) is 8.92. The second-order valence-electron chi connectivity index (χ2n) is 6.52. The number of hydrogen-bond donors (Lipinski definition) is 0. The van der Waals surface area contributed by atoms with E-state index in [1.54, 1.807) is 4.68 Å². The Balaban J connectivity index is 1.69. The maximum absolute atomic E-state index is 14.0. The number of amides is 1. The van der Waals surface area contributed by atoms with Crippen LogP contribution in [0.3, 0.4) is 0 Å². The second-order valence-corrected chi connectivity index (χ2v) is 7.47. The third kappa shape index (κ3) is 3.82. The summed E-state index contributed by atoms with van der Waals surface area (Å²) in [5.74, 6) is -2.47. The summed E-state index contributed by atoms with van der Waals surface area (Å²) in [6.07, 6.45) is 1.84. The number of carbonyl (C=O) groups is 1. The van der Waals surface area contributed by atoms with Gasteiger partial charge in [0.25, 0.3) is 5.91 Å². The third-order valence-corrected chi connectivity index (χ3v) is 5.37. The van der Waals surface area contributed by atoms with Gasteiger partial charge in [0.1, 0.15) is 22.9 Å². The van der Waals surface area contributed by atoms with Gasteiger partial charge in [-0.15, -0.1) is 11.3 Å². The third-order valence-electron chi connectivity index (χ3n) is 4.50. The van der Waals surface area contributed by atoms with E-state index in [-0.39, 0.29) is 6.54 Å². The molecule has 0 unspecified atom stereocenters. The Morgan fingerprint density at radius 1 is 1.03 bits per heavy atom. The van der Waals surface area contributed by atoms with E-state index >= 15 is 0 Å². The predicted molar refractivity (Wildman–Crippen MR) is 109 cm³/mol. The molecule has 4 aromatic rings. The first kappa shape index (κ1) is 19.0. The number of carbonyl (C=O) groups excluding carboxylic acids is 1. The summed E-state index contributed by atoms with van der Waals surface area (Å²) in [6.45, 7) is 0.159. The van der Waals surface area contributed by atoms with Crippen molar-refractivity contribution in [2.75, 3.05) is 7.05 Å².